The minimum absolute atomic E-state index is 0.0338. The summed E-state index contributed by atoms with van der Waals surface area (Å²) >= 11 is 0. The summed E-state index contributed by atoms with van der Waals surface area (Å²) in [4.78, 5) is 66.5. The van der Waals surface area contributed by atoms with Gasteiger partial charge in [0.2, 0.25) is 5.91 Å². The number of nitro benzene ring substituents is 1. The van der Waals surface area contributed by atoms with E-state index in [4.69, 9.17) is 18.9 Å². The molecule has 16 heteroatoms. The van der Waals surface area contributed by atoms with Gasteiger partial charge in [-0.3, -0.25) is 19.7 Å². The van der Waals surface area contributed by atoms with Gasteiger partial charge in [0.05, 0.1) is 47.4 Å². The highest BCUT2D eigenvalue weighted by Gasteiger charge is 2.76. The highest BCUT2D eigenvalue weighted by molar-refractivity contribution is 5.94. The number of carbonyl (C=O) groups is 4. The number of esters is 2. The second-order valence-corrected chi connectivity index (χ2v) is 17.3. The minimum Gasteiger partial charge on any atom is -0.456 e. The summed E-state index contributed by atoms with van der Waals surface area (Å²) in [5, 5.41) is 63.9. The van der Waals surface area contributed by atoms with Crippen LogP contribution in [-0.4, -0.2) is 103 Å². The number of hydrogen-bond donors (Lipinski definition) is 5. The first-order chi connectivity index (χ1) is 28.7. The molecule has 4 aliphatic rings. The van der Waals surface area contributed by atoms with E-state index in [1.54, 1.807) is 62.4 Å². The third kappa shape index (κ3) is 7.34. The van der Waals surface area contributed by atoms with Gasteiger partial charge in [-0.2, -0.15) is 0 Å². The molecule has 0 aromatic heterocycles. The summed E-state index contributed by atoms with van der Waals surface area (Å²) in [7, 11) is 0. The van der Waals surface area contributed by atoms with Gasteiger partial charge >= 0.3 is 11.9 Å². The van der Waals surface area contributed by atoms with Gasteiger partial charge < -0.3 is 44.7 Å². The van der Waals surface area contributed by atoms with Crippen molar-refractivity contribution in [3.05, 3.63) is 123 Å². The number of nitrogens with one attached hydrogen (secondary N) is 1. The van der Waals surface area contributed by atoms with Gasteiger partial charge in [-0.05, 0) is 60.4 Å². The number of carbonyl (C=O) groups excluding carboxylic acids is 4. The molecule has 11 atom stereocenters. The van der Waals surface area contributed by atoms with Gasteiger partial charge in [-0.1, -0.05) is 62.4 Å². The van der Waals surface area contributed by atoms with Crippen LogP contribution in [0, 0.1) is 26.9 Å². The van der Waals surface area contributed by atoms with Crippen LogP contribution in [0.3, 0.4) is 0 Å². The van der Waals surface area contributed by atoms with E-state index in [2.05, 4.69) is 5.32 Å². The Hall–Kier alpha value is -5.36. The summed E-state index contributed by atoms with van der Waals surface area (Å²) in [6, 6.07) is 20.5. The van der Waals surface area contributed by atoms with Crippen LogP contribution in [0.5, 0.6) is 0 Å². The largest absolute Gasteiger partial charge is 0.456 e. The van der Waals surface area contributed by atoms with E-state index in [1.807, 2.05) is 0 Å². The van der Waals surface area contributed by atoms with Crippen molar-refractivity contribution in [1.82, 2.24) is 5.32 Å². The first kappa shape index (κ1) is 43.7. The Morgan fingerprint density at radius 1 is 0.967 bits per heavy atom. The average molecular weight is 843 g/mol. The molecule has 61 heavy (non-hydrogen) atoms. The van der Waals surface area contributed by atoms with E-state index in [0.717, 1.165) is 0 Å². The highest BCUT2D eigenvalue weighted by atomic mass is 16.6. The Labute approximate surface area is 351 Å². The molecule has 9 unspecified atom stereocenters. The number of non-ortho nitro benzene ring substituents is 1. The molecule has 3 fully saturated rings. The Morgan fingerprint density at radius 3 is 2.16 bits per heavy atom. The third-order valence-corrected chi connectivity index (χ3v) is 13.5. The zero-order valence-electron chi connectivity index (χ0n) is 34.3. The van der Waals surface area contributed by atoms with E-state index in [0.29, 0.717) is 11.1 Å². The summed E-state index contributed by atoms with van der Waals surface area (Å²) in [6.07, 6.45) is -9.84. The molecular formula is C45H50N2O14. The van der Waals surface area contributed by atoms with Gasteiger partial charge in [0.15, 0.2) is 11.9 Å². The summed E-state index contributed by atoms with van der Waals surface area (Å²) in [6.45, 7) is 6.88. The molecule has 3 aromatic rings. The van der Waals surface area contributed by atoms with Crippen LogP contribution >= 0.6 is 0 Å². The zero-order valence-corrected chi connectivity index (χ0v) is 34.3. The fraction of sp³-hybridized carbons (Fsp3) is 0.467. The molecule has 324 valence electrons. The topological polar surface area (TPSA) is 241 Å². The maximum absolute atomic E-state index is 15.3. The molecule has 1 aliphatic heterocycles. The predicted molar refractivity (Wildman–Crippen MR) is 214 cm³/mol. The van der Waals surface area contributed by atoms with Crippen LogP contribution < -0.4 is 5.32 Å². The Morgan fingerprint density at radius 2 is 1.59 bits per heavy atom. The van der Waals surface area contributed by atoms with Crippen LogP contribution in [0.15, 0.2) is 96.1 Å². The van der Waals surface area contributed by atoms with Crippen molar-refractivity contribution >= 4 is 29.3 Å². The lowest BCUT2D eigenvalue weighted by Gasteiger charge is -2.67. The first-order valence-corrected chi connectivity index (χ1v) is 20.1. The maximum atomic E-state index is 15.3. The quantitative estimate of drug-likeness (QED) is 0.0805. The third-order valence-electron chi connectivity index (χ3n) is 13.5. The number of ketones is 1. The monoisotopic (exact) mass is 842 g/mol. The lowest BCUT2D eigenvalue weighted by atomic mass is 9.44. The highest BCUT2D eigenvalue weighted by Crippen LogP contribution is 2.63. The molecule has 16 nitrogen and oxygen atoms in total. The van der Waals surface area contributed by atoms with E-state index in [1.165, 1.54) is 57.2 Å². The number of rotatable bonds is 11. The van der Waals surface area contributed by atoms with Crippen LogP contribution in [0.25, 0.3) is 0 Å². The molecule has 2 bridgehead atoms. The normalized spacial score (nSPS) is 32.4. The molecule has 1 heterocycles. The van der Waals surface area contributed by atoms with Crippen molar-refractivity contribution in [2.45, 2.75) is 108 Å². The Balaban J connectivity index is 1.35. The second-order valence-electron chi connectivity index (χ2n) is 17.3. The molecule has 3 aromatic carbocycles. The molecule has 1 amide bonds. The van der Waals surface area contributed by atoms with Crippen molar-refractivity contribution in [2.24, 2.45) is 16.7 Å². The van der Waals surface area contributed by atoms with Gasteiger partial charge in [-0.15, -0.1) is 0 Å². The summed E-state index contributed by atoms with van der Waals surface area (Å²) < 4.78 is 24.7. The van der Waals surface area contributed by atoms with Crippen molar-refractivity contribution in [3.63, 3.8) is 0 Å². The van der Waals surface area contributed by atoms with E-state index >= 15 is 4.79 Å². The van der Waals surface area contributed by atoms with Crippen molar-refractivity contribution in [1.29, 1.82) is 0 Å². The van der Waals surface area contributed by atoms with Crippen LogP contribution in [-0.2, 0) is 39.9 Å². The van der Waals surface area contributed by atoms with Gasteiger partial charge in [0, 0.05) is 43.2 Å². The average Bonchev–Trinajstić information content (AvgIpc) is 3.23. The van der Waals surface area contributed by atoms with Gasteiger partial charge in [0.1, 0.15) is 29.5 Å². The molecule has 0 spiro atoms. The molecular weight excluding hydrogens is 792 g/mol. The summed E-state index contributed by atoms with van der Waals surface area (Å²) in [5.74, 6) is -4.99. The zero-order chi connectivity index (χ0) is 44.2. The molecule has 3 aliphatic carbocycles. The van der Waals surface area contributed by atoms with Crippen LogP contribution in [0.4, 0.5) is 5.69 Å². The van der Waals surface area contributed by atoms with Crippen LogP contribution in [0.1, 0.15) is 75.0 Å². The minimum atomic E-state index is -2.33. The Kier molecular flexibility index (Phi) is 11.6. The van der Waals surface area contributed by atoms with Crippen LogP contribution in [0.2, 0.25) is 0 Å². The fourth-order valence-corrected chi connectivity index (χ4v) is 10.1. The van der Waals surface area contributed by atoms with E-state index < -0.39 is 106 Å². The second kappa shape index (κ2) is 16.2. The maximum Gasteiger partial charge on any atom is 0.338 e. The van der Waals surface area contributed by atoms with E-state index in [-0.39, 0.29) is 42.0 Å². The molecule has 7 rings (SSSR count). The number of nitro groups is 1. The Bertz CT molecular complexity index is 2230. The smallest absolute Gasteiger partial charge is 0.338 e. The van der Waals surface area contributed by atoms with E-state index in [9.17, 15) is 44.9 Å². The van der Waals surface area contributed by atoms with Crippen molar-refractivity contribution in [3.8, 4) is 0 Å². The number of Topliss-reactive ketones (excluding diaryl/α,β-unsaturated/α-hetero) is 1. The molecule has 0 radical (unpaired) electrons. The number of benzene rings is 3. The van der Waals surface area contributed by atoms with Crippen molar-refractivity contribution in [2.75, 3.05) is 6.61 Å². The number of amides is 1. The number of nitrogens with zero attached hydrogens (tertiary/aromatic N) is 1. The number of fused-ring (bicyclic) bond motifs is 5. The summed E-state index contributed by atoms with van der Waals surface area (Å²) in [5.41, 5.74) is -6.78. The number of hydrogen-bond acceptors (Lipinski definition) is 14. The lowest BCUT2D eigenvalue weighted by Crippen LogP contribution is -2.81. The number of aliphatic hydroxyl groups excluding tert-OH is 2. The number of aliphatic hydroxyl groups is 4. The van der Waals surface area contributed by atoms with Crippen molar-refractivity contribution < 1.29 is 63.5 Å². The fourth-order valence-electron chi connectivity index (χ4n) is 10.1. The lowest BCUT2D eigenvalue weighted by molar-refractivity contribution is -0.384. The SMILES string of the molecule is CC(=O)NC(c1ccccc1)C(O)C(=O)OC1CC2(O)C(OC(=O)c3ccccc3)C3[C@]4(O)COC4CC(OCc4ccc([N+](=O)[O-])cc4)[C@@]3(C)C(=O)C(O)C(=C1C)C2(C)C. The van der Waals surface area contributed by atoms with Gasteiger partial charge in [0.25, 0.3) is 5.69 Å². The number of ether oxygens (including phenoxy) is 4. The first-order valence-electron chi connectivity index (χ1n) is 20.1. The molecule has 1 saturated heterocycles. The molecule has 2 saturated carbocycles. The van der Waals surface area contributed by atoms with Gasteiger partial charge in [-0.25, -0.2) is 9.59 Å². The predicted octanol–water partition coefficient (Wildman–Crippen LogP) is 3.43. The molecule has 5 N–H and O–H groups in total. The standard InChI is InChI=1S/C45H50N2O14/c1-24-30(60-41(53)36(50)34(46-25(2)48)27-12-8-6-9-13-27)21-45(55)39(61-40(52)28-14-10-7-11-15-28)37-43(5,38(51)35(49)33(24)42(45,3)4)31(20-32-44(37,54)23-59-32)58-22-26-16-18-29(19-17-26)47(56)57/h6-19,30-32,34-37,39,49-50,54-55H,20-23H2,1-5H3,(H,46,48)/t30?,31?,32?,34?,35?,36?,37?,39?,43-,44+,45?/m1/s1.